The molecule has 0 bridgehead atoms. The molecule has 0 spiro atoms. The second kappa shape index (κ2) is 13.5. The molecule has 298 valence electrons. The fourth-order valence-corrected chi connectivity index (χ4v) is 8.29. The number of aryl methyl sites for hydroxylation is 1. The van der Waals surface area contributed by atoms with Crippen LogP contribution in [-0.4, -0.2) is 61.8 Å². The molecule has 2 N–H and O–H groups in total. The first-order valence-corrected chi connectivity index (χ1v) is 19.3. The Morgan fingerprint density at radius 3 is 2.47 bits per heavy atom. The Bertz CT molecular complexity index is 2830. The minimum atomic E-state index is -3.90. The lowest BCUT2D eigenvalue weighted by Crippen LogP contribution is -2.38. The van der Waals surface area contributed by atoms with E-state index in [0.29, 0.717) is 10.7 Å². The van der Waals surface area contributed by atoms with Crippen LogP contribution in [0.25, 0.3) is 27.6 Å². The van der Waals surface area contributed by atoms with E-state index >= 15 is 8.78 Å². The first kappa shape index (κ1) is 38.2. The molecule has 1 saturated carbocycles. The molecule has 1 unspecified atom stereocenters. The monoisotopic (exact) mass is 835 g/mol. The molecule has 22 heteroatoms. The van der Waals surface area contributed by atoms with Crippen molar-refractivity contribution in [3.05, 3.63) is 97.8 Å². The van der Waals surface area contributed by atoms with Crippen LogP contribution in [-0.2, 0) is 40.8 Å². The SMILES string of the molecule is COc1ccc2c(=O)n(-c3ccc(Cl)c4c(NS(C)(=O)=O)nn(C)c34)c(C(Cc3cc(F)cc(F)c3)NC(=O)Cn3nc(C(F)F)c4c3C(F)(F)[C@@H]3C[C@H]43)nc2n1. The quantitative estimate of drug-likeness (QED) is 0.162. The Morgan fingerprint density at radius 1 is 1.09 bits per heavy atom. The Kier molecular flexibility index (Phi) is 9.02. The number of halogens is 7. The summed E-state index contributed by atoms with van der Waals surface area (Å²) >= 11 is 6.56. The van der Waals surface area contributed by atoms with E-state index in [1.165, 1.54) is 43.1 Å². The number of aromatic nitrogens is 7. The Morgan fingerprint density at radius 2 is 1.81 bits per heavy atom. The second-order valence-corrected chi connectivity index (χ2v) is 15.9. The van der Waals surface area contributed by atoms with Gasteiger partial charge in [0, 0.05) is 37.1 Å². The lowest BCUT2D eigenvalue weighted by atomic mass is 10.0. The van der Waals surface area contributed by atoms with Gasteiger partial charge in [-0.2, -0.15) is 24.0 Å². The van der Waals surface area contributed by atoms with Crippen molar-refractivity contribution in [2.45, 2.75) is 43.7 Å². The van der Waals surface area contributed by atoms with E-state index in [1.807, 2.05) is 0 Å². The maximum Gasteiger partial charge on any atom is 0.293 e. The number of sulfonamides is 1. The number of amides is 1. The fraction of sp³-hybridized carbons (Fsp3) is 0.314. The molecule has 4 aromatic heterocycles. The number of carbonyl (C=O) groups excluding carboxylic acids is 1. The zero-order chi connectivity index (χ0) is 40.9. The number of rotatable bonds is 11. The van der Waals surface area contributed by atoms with Gasteiger partial charge in [0.1, 0.15) is 35.4 Å². The molecule has 2 aromatic carbocycles. The van der Waals surface area contributed by atoms with E-state index in [2.05, 4.69) is 30.2 Å². The predicted molar refractivity (Wildman–Crippen MR) is 192 cm³/mol. The predicted octanol–water partition coefficient (Wildman–Crippen LogP) is 5.42. The second-order valence-electron chi connectivity index (χ2n) is 13.8. The molecule has 1 amide bonds. The minimum Gasteiger partial charge on any atom is -0.481 e. The summed E-state index contributed by atoms with van der Waals surface area (Å²) in [7, 11) is -1.15. The molecule has 8 rings (SSSR count). The first-order valence-electron chi connectivity index (χ1n) is 17.0. The largest absolute Gasteiger partial charge is 0.481 e. The third kappa shape index (κ3) is 6.60. The molecule has 6 aromatic rings. The number of alkyl halides is 4. The molecular weight excluding hydrogens is 808 g/mol. The molecule has 4 heterocycles. The van der Waals surface area contributed by atoms with E-state index < -0.39 is 87.7 Å². The highest BCUT2D eigenvalue weighted by Crippen LogP contribution is 2.68. The average Bonchev–Trinajstić information content (AvgIpc) is 3.66. The highest BCUT2D eigenvalue weighted by atomic mass is 35.5. The van der Waals surface area contributed by atoms with Gasteiger partial charge in [-0.3, -0.25) is 28.2 Å². The number of anilines is 1. The zero-order valence-corrected chi connectivity index (χ0v) is 31.3. The number of ether oxygens (including phenoxy) is 1. The summed E-state index contributed by atoms with van der Waals surface area (Å²) in [4.78, 5) is 37.5. The summed E-state index contributed by atoms with van der Waals surface area (Å²) in [5.74, 6) is -9.10. The van der Waals surface area contributed by atoms with Gasteiger partial charge >= 0.3 is 0 Å². The number of benzene rings is 2. The topological polar surface area (TPSA) is 168 Å². The van der Waals surface area contributed by atoms with Gasteiger partial charge in [0.15, 0.2) is 11.5 Å². The van der Waals surface area contributed by atoms with Crippen LogP contribution in [0.2, 0.25) is 5.02 Å². The Hall–Kier alpha value is -5.70. The molecule has 14 nitrogen and oxygen atoms in total. The lowest BCUT2D eigenvalue weighted by molar-refractivity contribution is -0.123. The molecular formula is C35H28ClF6N9O5S. The van der Waals surface area contributed by atoms with Crippen molar-refractivity contribution in [3.8, 4) is 11.6 Å². The van der Waals surface area contributed by atoms with Crippen LogP contribution in [0.5, 0.6) is 5.88 Å². The lowest BCUT2D eigenvalue weighted by Gasteiger charge is -2.24. The molecule has 0 saturated heterocycles. The van der Waals surface area contributed by atoms with Crippen LogP contribution >= 0.6 is 11.6 Å². The minimum absolute atomic E-state index is 0.00565. The molecule has 2 aliphatic rings. The van der Waals surface area contributed by atoms with Gasteiger partial charge in [-0.15, -0.1) is 0 Å². The summed E-state index contributed by atoms with van der Waals surface area (Å²) in [5.41, 5.74) is -2.92. The van der Waals surface area contributed by atoms with Gasteiger partial charge in [0.25, 0.3) is 17.9 Å². The average molecular weight is 836 g/mol. The third-order valence-corrected chi connectivity index (χ3v) is 10.7. The van der Waals surface area contributed by atoms with Crippen LogP contribution in [0, 0.1) is 17.6 Å². The van der Waals surface area contributed by atoms with Gasteiger partial charge in [-0.25, -0.2) is 31.0 Å². The van der Waals surface area contributed by atoms with Crippen LogP contribution in [0.1, 0.15) is 53.1 Å². The van der Waals surface area contributed by atoms with Crippen molar-refractivity contribution in [1.29, 1.82) is 0 Å². The number of nitrogens with one attached hydrogen (secondary N) is 2. The molecule has 1 fully saturated rings. The maximum atomic E-state index is 15.4. The summed E-state index contributed by atoms with van der Waals surface area (Å²) in [6.45, 7) is -0.991. The third-order valence-electron chi connectivity index (χ3n) is 9.85. The highest BCUT2D eigenvalue weighted by Gasteiger charge is 2.67. The van der Waals surface area contributed by atoms with Gasteiger partial charge < -0.3 is 10.1 Å². The van der Waals surface area contributed by atoms with Crippen molar-refractivity contribution in [1.82, 2.24) is 39.4 Å². The number of pyridine rings is 1. The normalized spacial score (nSPS) is 17.5. The molecule has 2 aliphatic carbocycles. The van der Waals surface area contributed by atoms with Crippen molar-refractivity contribution >= 4 is 55.3 Å². The van der Waals surface area contributed by atoms with Crippen molar-refractivity contribution < 1.29 is 44.3 Å². The van der Waals surface area contributed by atoms with Crippen molar-refractivity contribution in [3.63, 3.8) is 0 Å². The summed E-state index contributed by atoms with van der Waals surface area (Å²) in [6, 6.07) is 6.47. The smallest absolute Gasteiger partial charge is 0.293 e. The van der Waals surface area contributed by atoms with Crippen LogP contribution in [0.15, 0.2) is 47.3 Å². The van der Waals surface area contributed by atoms with Crippen molar-refractivity contribution in [2.75, 3.05) is 18.1 Å². The van der Waals surface area contributed by atoms with Crippen LogP contribution in [0.4, 0.5) is 32.2 Å². The molecule has 3 atom stereocenters. The van der Waals surface area contributed by atoms with Crippen LogP contribution in [0.3, 0.4) is 0 Å². The number of hydrogen-bond acceptors (Lipinski definition) is 9. The summed E-state index contributed by atoms with van der Waals surface area (Å²) in [5, 5.41) is 10.6. The highest BCUT2D eigenvalue weighted by molar-refractivity contribution is 7.92. The van der Waals surface area contributed by atoms with E-state index in [1.54, 1.807) is 0 Å². The van der Waals surface area contributed by atoms with Gasteiger partial charge in [-0.1, -0.05) is 11.6 Å². The van der Waals surface area contributed by atoms with Gasteiger partial charge in [0.2, 0.25) is 21.8 Å². The van der Waals surface area contributed by atoms with Gasteiger partial charge in [0.05, 0.1) is 46.4 Å². The maximum absolute atomic E-state index is 15.4. The molecule has 0 aliphatic heterocycles. The zero-order valence-electron chi connectivity index (χ0n) is 29.7. The number of nitrogens with zero attached hydrogens (tertiary/aromatic N) is 7. The van der Waals surface area contributed by atoms with Gasteiger partial charge in [-0.05, 0) is 48.2 Å². The number of hydrogen-bond donors (Lipinski definition) is 2. The summed E-state index contributed by atoms with van der Waals surface area (Å²) in [6.07, 6.45) is -2.80. The molecule has 0 radical (unpaired) electrons. The fourth-order valence-electron chi connectivity index (χ4n) is 7.56. The number of carbonyl (C=O) groups is 1. The van der Waals surface area contributed by atoms with Crippen LogP contribution < -0.4 is 20.3 Å². The summed E-state index contributed by atoms with van der Waals surface area (Å²) < 4.78 is 123. The first-order chi connectivity index (χ1) is 26.9. The van der Waals surface area contributed by atoms with E-state index in [9.17, 15) is 35.6 Å². The molecule has 57 heavy (non-hydrogen) atoms. The Balaban J connectivity index is 1.33. The number of fused-ring (bicyclic) bond motifs is 5. The Labute approximate surface area is 322 Å². The van der Waals surface area contributed by atoms with E-state index in [-0.39, 0.29) is 67.7 Å². The van der Waals surface area contributed by atoms with E-state index in [0.717, 1.165) is 23.0 Å². The van der Waals surface area contributed by atoms with Crippen molar-refractivity contribution in [2.24, 2.45) is 13.0 Å². The number of methoxy groups -OCH3 is 1. The standard InChI is InChI=1S/C35H28ClF6N9O5S/c1-49-28-22(6-5-20(36)26(28)32(47-49)48-57(3,54)55)51-33(45-31-17(34(51)53)4-7-24(44-31)56-2)21(10-14-8-15(37)11-16(38)9-14)43-23(52)13-50-29-25(27(46-50)30(39)40)18-12-19(18)35(29,41)42/h4-9,11,18-19,21,30H,10,12-13H2,1-3H3,(H,43,52)(H,47,48)/t18-,19+,21?/m0/s1. The van der Waals surface area contributed by atoms with E-state index in [4.69, 9.17) is 16.3 Å².